The van der Waals surface area contributed by atoms with Crippen molar-refractivity contribution in [3.63, 3.8) is 0 Å². The minimum Gasteiger partial charge on any atom is -0.506 e. The van der Waals surface area contributed by atoms with E-state index in [1.54, 1.807) is 24.3 Å². The van der Waals surface area contributed by atoms with E-state index in [1.807, 2.05) is 0 Å². The maximum atomic E-state index is 12.7. The molecule has 0 amide bonds. The van der Waals surface area contributed by atoms with Gasteiger partial charge in [-0.15, -0.1) is 0 Å². The van der Waals surface area contributed by atoms with Gasteiger partial charge in [-0.3, -0.25) is 0 Å². The van der Waals surface area contributed by atoms with Crippen molar-refractivity contribution in [3.8, 4) is 11.5 Å². The molecule has 0 saturated carbocycles. The summed E-state index contributed by atoms with van der Waals surface area (Å²) in [4.78, 5) is 11.2. The molecule has 0 aliphatic rings. The molecule has 0 spiro atoms. The molecular formula is C15H10BrF3O4. The number of carbonyl (C=O) groups is 1. The summed E-state index contributed by atoms with van der Waals surface area (Å²) in [5.41, 5.74) is -2.29. The molecule has 0 aliphatic heterocycles. The zero-order chi connectivity index (χ0) is 17.2. The minimum absolute atomic E-state index is 0.0640. The number of carboxylic acid groups (broad SMARTS) is 1. The number of ether oxygens (including phenoxy) is 1. The zero-order valence-electron chi connectivity index (χ0n) is 11.4. The van der Waals surface area contributed by atoms with Crippen molar-refractivity contribution in [3.05, 3.63) is 57.6 Å². The summed E-state index contributed by atoms with van der Waals surface area (Å²) >= 11 is 3.24. The first-order chi connectivity index (χ1) is 10.7. The van der Waals surface area contributed by atoms with Crippen LogP contribution in [0.2, 0.25) is 0 Å². The number of rotatable bonds is 4. The van der Waals surface area contributed by atoms with Gasteiger partial charge in [0.25, 0.3) is 0 Å². The van der Waals surface area contributed by atoms with Crippen molar-refractivity contribution in [2.75, 3.05) is 0 Å². The lowest BCUT2D eigenvalue weighted by Gasteiger charge is -2.14. The highest BCUT2D eigenvalue weighted by Gasteiger charge is 2.36. The molecule has 0 bridgehead atoms. The van der Waals surface area contributed by atoms with E-state index in [0.29, 0.717) is 11.8 Å². The standard InChI is InChI=1S/C15H10BrF3O4/c16-9-2-4-10(5-3-9)23-7-8-1-6-11(15(17,18)19)13(20)12(8)14(21)22/h1-6,20H,7H2,(H,21,22). The van der Waals surface area contributed by atoms with Crippen LogP contribution in [0, 0.1) is 0 Å². The van der Waals surface area contributed by atoms with Crippen molar-refractivity contribution in [1.29, 1.82) is 0 Å². The molecule has 2 aromatic carbocycles. The van der Waals surface area contributed by atoms with Gasteiger partial charge in [0.2, 0.25) is 0 Å². The van der Waals surface area contributed by atoms with Crippen LogP contribution in [0.3, 0.4) is 0 Å². The Labute approximate surface area is 137 Å². The van der Waals surface area contributed by atoms with Crippen molar-refractivity contribution in [2.45, 2.75) is 12.8 Å². The van der Waals surface area contributed by atoms with Crippen LogP contribution >= 0.6 is 15.9 Å². The second kappa shape index (κ2) is 6.49. The lowest BCUT2D eigenvalue weighted by molar-refractivity contribution is -0.138. The average Bonchev–Trinajstić information content (AvgIpc) is 2.44. The monoisotopic (exact) mass is 390 g/mol. The fraction of sp³-hybridized carbons (Fsp3) is 0.133. The SMILES string of the molecule is O=C(O)c1c(COc2ccc(Br)cc2)ccc(C(F)(F)F)c1O. The normalized spacial score (nSPS) is 11.3. The van der Waals surface area contributed by atoms with Gasteiger partial charge in [0, 0.05) is 10.0 Å². The largest absolute Gasteiger partial charge is 0.506 e. The first-order valence-electron chi connectivity index (χ1n) is 6.24. The zero-order valence-corrected chi connectivity index (χ0v) is 13.0. The topological polar surface area (TPSA) is 66.8 Å². The molecule has 8 heteroatoms. The van der Waals surface area contributed by atoms with Crippen molar-refractivity contribution in [1.82, 2.24) is 0 Å². The maximum absolute atomic E-state index is 12.7. The Morgan fingerprint density at radius 2 is 1.74 bits per heavy atom. The highest BCUT2D eigenvalue weighted by atomic mass is 79.9. The smallest absolute Gasteiger partial charge is 0.419 e. The van der Waals surface area contributed by atoms with Gasteiger partial charge in [-0.25, -0.2) is 4.79 Å². The van der Waals surface area contributed by atoms with Gasteiger partial charge >= 0.3 is 12.1 Å². The van der Waals surface area contributed by atoms with E-state index in [0.717, 1.165) is 10.5 Å². The number of phenols is 1. The second-order valence-corrected chi connectivity index (χ2v) is 5.46. The van der Waals surface area contributed by atoms with Crippen LogP contribution in [0.15, 0.2) is 40.9 Å². The third-order valence-corrected chi connectivity index (χ3v) is 3.52. The van der Waals surface area contributed by atoms with Crippen molar-refractivity contribution in [2.24, 2.45) is 0 Å². The van der Waals surface area contributed by atoms with Gasteiger partial charge in [0.1, 0.15) is 23.7 Å². The fourth-order valence-electron chi connectivity index (χ4n) is 1.91. The van der Waals surface area contributed by atoms with Gasteiger partial charge in [0.05, 0.1) is 5.56 Å². The number of alkyl halides is 3. The predicted octanol–water partition coefficient (Wildman–Crippen LogP) is 4.45. The van der Waals surface area contributed by atoms with Crippen LogP contribution in [0.4, 0.5) is 13.2 Å². The molecule has 2 rings (SSSR count). The fourth-order valence-corrected chi connectivity index (χ4v) is 2.18. The van der Waals surface area contributed by atoms with Crippen LogP contribution < -0.4 is 4.74 Å². The minimum atomic E-state index is -4.85. The Morgan fingerprint density at radius 1 is 1.13 bits per heavy atom. The van der Waals surface area contributed by atoms with Gasteiger partial charge in [-0.1, -0.05) is 22.0 Å². The molecule has 2 N–H and O–H groups in total. The molecule has 4 nitrogen and oxygen atoms in total. The van der Waals surface area contributed by atoms with E-state index >= 15 is 0 Å². The first-order valence-corrected chi connectivity index (χ1v) is 7.03. The Bertz CT molecular complexity index is 727. The molecule has 23 heavy (non-hydrogen) atoms. The highest BCUT2D eigenvalue weighted by Crippen LogP contribution is 2.39. The lowest BCUT2D eigenvalue weighted by atomic mass is 10.0. The molecular weight excluding hydrogens is 381 g/mol. The summed E-state index contributed by atoms with van der Waals surface area (Å²) < 4.78 is 44.3. The van der Waals surface area contributed by atoms with Crippen LogP contribution in [-0.2, 0) is 12.8 Å². The Kier molecular flexibility index (Phi) is 4.84. The Morgan fingerprint density at radius 3 is 2.26 bits per heavy atom. The molecule has 0 heterocycles. The van der Waals surface area contributed by atoms with Gasteiger partial charge in [-0.2, -0.15) is 13.2 Å². The third-order valence-electron chi connectivity index (χ3n) is 2.99. The number of benzene rings is 2. The molecule has 122 valence electrons. The number of halogens is 4. The van der Waals surface area contributed by atoms with Gasteiger partial charge in [-0.05, 0) is 30.3 Å². The van der Waals surface area contributed by atoms with Crippen LogP contribution in [0.25, 0.3) is 0 Å². The number of hydrogen-bond acceptors (Lipinski definition) is 3. The summed E-state index contributed by atoms with van der Waals surface area (Å²) in [6.07, 6.45) is -4.85. The van der Waals surface area contributed by atoms with Crippen LogP contribution in [0.5, 0.6) is 11.5 Å². The Hall–Kier alpha value is -2.22. The van der Waals surface area contributed by atoms with E-state index in [-0.39, 0.29) is 12.2 Å². The number of aromatic hydroxyl groups is 1. The summed E-state index contributed by atoms with van der Waals surface area (Å²) in [7, 11) is 0. The highest BCUT2D eigenvalue weighted by molar-refractivity contribution is 9.10. The maximum Gasteiger partial charge on any atom is 0.419 e. The molecule has 0 aromatic heterocycles. The summed E-state index contributed by atoms with van der Waals surface area (Å²) in [6, 6.07) is 8.20. The van der Waals surface area contributed by atoms with Crippen molar-refractivity contribution >= 4 is 21.9 Å². The summed E-state index contributed by atoms with van der Waals surface area (Å²) in [6.45, 7) is -0.297. The van der Waals surface area contributed by atoms with E-state index in [2.05, 4.69) is 15.9 Å². The van der Waals surface area contributed by atoms with E-state index in [4.69, 9.17) is 9.84 Å². The molecule has 0 aliphatic carbocycles. The molecule has 2 aromatic rings. The molecule has 0 atom stereocenters. The van der Waals surface area contributed by atoms with E-state index in [1.165, 1.54) is 0 Å². The first kappa shape index (κ1) is 17.1. The lowest BCUT2D eigenvalue weighted by Crippen LogP contribution is -2.12. The predicted molar refractivity (Wildman–Crippen MR) is 78.5 cm³/mol. The molecule has 0 radical (unpaired) electrons. The third kappa shape index (κ3) is 3.95. The van der Waals surface area contributed by atoms with E-state index < -0.39 is 29.0 Å². The second-order valence-electron chi connectivity index (χ2n) is 4.54. The molecule has 0 fully saturated rings. The van der Waals surface area contributed by atoms with Crippen LogP contribution in [0.1, 0.15) is 21.5 Å². The quantitative estimate of drug-likeness (QED) is 0.808. The number of aromatic carboxylic acids is 1. The van der Waals surface area contributed by atoms with Crippen molar-refractivity contribution < 1.29 is 32.9 Å². The molecule has 0 unspecified atom stereocenters. The van der Waals surface area contributed by atoms with E-state index in [9.17, 15) is 23.1 Å². The van der Waals surface area contributed by atoms with Gasteiger partial charge < -0.3 is 14.9 Å². The number of hydrogen-bond donors (Lipinski definition) is 2. The molecule has 0 saturated heterocycles. The Balaban J connectivity index is 2.33. The number of carboxylic acids is 1. The average molecular weight is 391 g/mol. The summed E-state index contributed by atoms with van der Waals surface area (Å²) in [5, 5.41) is 18.7. The summed E-state index contributed by atoms with van der Waals surface area (Å²) in [5.74, 6) is -2.58. The van der Waals surface area contributed by atoms with Gasteiger partial charge in [0.15, 0.2) is 0 Å². The van der Waals surface area contributed by atoms with Crippen LogP contribution in [-0.4, -0.2) is 16.2 Å².